The molecule has 0 amide bonds. The van der Waals surface area contributed by atoms with Crippen molar-refractivity contribution in [2.24, 2.45) is 23.5 Å². The number of fused-ring (bicyclic) bond motifs is 2. The summed E-state index contributed by atoms with van der Waals surface area (Å²) in [7, 11) is 0. The van der Waals surface area contributed by atoms with Gasteiger partial charge in [0.05, 0.1) is 6.10 Å². The predicted octanol–water partition coefficient (Wildman–Crippen LogP) is 0.362. The lowest BCUT2D eigenvalue weighted by Gasteiger charge is -2.33. The van der Waals surface area contributed by atoms with Gasteiger partial charge in [0.2, 0.25) is 0 Å². The zero-order chi connectivity index (χ0) is 11.2. The minimum Gasteiger partial charge on any atom is -0.480 e. The Morgan fingerprint density at radius 3 is 2.60 bits per heavy atom. The predicted molar refractivity (Wildman–Crippen MR) is 55.1 cm³/mol. The molecule has 4 N–H and O–H groups in total. The molecule has 2 aliphatic rings. The average Bonchev–Trinajstić information content (AvgIpc) is 2.76. The van der Waals surface area contributed by atoms with Gasteiger partial charge in [-0.1, -0.05) is 12.2 Å². The molecule has 4 heteroatoms. The van der Waals surface area contributed by atoms with Crippen molar-refractivity contribution < 1.29 is 15.0 Å². The molecule has 0 heterocycles. The summed E-state index contributed by atoms with van der Waals surface area (Å²) in [6.45, 7) is 1.38. The largest absolute Gasteiger partial charge is 0.480 e. The molecule has 84 valence electrons. The summed E-state index contributed by atoms with van der Waals surface area (Å²) in [5, 5.41) is 19.0. The van der Waals surface area contributed by atoms with Crippen molar-refractivity contribution in [1.29, 1.82) is 0 Å². The minimum atomic E-state index is -1.54. The zero-order valence-corrected chi connectivity index (χ0v) is 8.76. The van der Waals surface area contributed by atoms with Crippen LogP contribution < -0.4 is 5.73 Å². The zero-order valence-electron chi connectivity index (χ0n) is 8.76. The molecule has 2 aliphatic carbocycles. The van der Waals surface area contributed by atoms with E-state index in [9.17, 15) is 9.90 Å². The number of carbonyl (C=O) groups is 1. The van der Waals surface area contributed by atoms with Crippen molar-refractivity contribution in [3.8, 4) is 0 Å². The number of carboxylic acids is 1. The molecule has 0 saturated heterocycles. The number of carboxylic acid groups (broad SMARTS) is 1. The number of aliphatic hydroxyl groups is 1. The van der Waals surface area contributed by atoms with E-state index >= 15 is 0 Å². The summed E-state index contributed by atoms with van der Waals surface area (Å²) in [6.07, 6.45) is 5.18. The van der Waals surface area contributed by atoms with Gasteiger partial charge in [-0.05, 0) is 37.5 Å². The number of aliphatic hydroxyl groups excluding tert-OH is 1. The molecular formula is C11H17NO3. The summed E-state index contributed by atoms with van der Waals surface area (Å²) in [5.41, 5.74) is 4.10. The van der Waals surface area contributed by atoms with Gasteiger partial charge < -0.3 is 15.9 Å². The van der Waals surface area contributed by atoms with Gasteiger partial charge in [-0.15, -0.1) is 0 Å². The number of hydrogen-bond donors (Lipinski definition) is 3. The van der Waals surface area contributed by atoms with E-state index in [2.05, 4.69) is 12.2 Å². The third-order valence-electron chi connectivity index (χ3n) is 3.81. The van der Waals surface area contributed by atoms with Gasteiger partial charge in [-0.25, -0.2) is 0 Å². The van der Waals surface area contributed by atoms with Gasteiger partial charge in [0, 0.05) is 0 Å². The SMILES string of the molecule is C[C@@](N)(C(=O)O)[C@H](O)C1CC2C=CC1C2. The molecule has 2 bridgehead atoms. The van der Waals surface area contributed by atoms with Crippen molar-refractivity contribution >= 4 is 5.97 Å². The number of hydrogen-bond acceptors (Lipinski definition) is 3. The summed E-state index contributed by atoms with van der Waals surface area (Å²) in [4.78, 5) is 10.9. The van der Waals surface area contributed by atoms with Gasteiger partial charge in [-0.3, -0.25) is 4.79 Å². The van der Waals surface area contributed by atoms with Crippen molar-refractivity contribution in [3.05, 3.63) is 12.2 Å². The molecule has 1 saturated carbocycles. The first-order chi connectivity index (χ1) is 6.93. The molecule has 0 aromatic rings. The van der Waals surface area contributed by atoms with Crippen molar-refractivity contribution in [2.75, 3.05) is 0 Å². The highest BCUT2D eigenvalue weighted by Gasteiger charge is 2.48. The molecule has 3 unspecified atom stereocenters. The van der Waals surface area contributed by atoms with Crippen LogP contribution in [-0.4, -0.2) is 27.8 Å². The Kier molecular flexibility index (Phi) is 2.35. The van der Waals surface area contributed by atoms with Crippen LogP contribution in [-0.2, 0) is 4.79 Å². The number of aliphatic carboxylic acids is 1. The Morgan fingerprint density at radius 1 is 1.53 bits per heavy atom. The van der Waals surface area contributed by atoms with Crippen LogP contribution in [0, 0.1) is 17.8 Å². The topological polar surface area (TPSA) is 83.6 Å². The van der Waals surface area contributed by atoms with E-state index in [0.29, 0.717) is 11.8 Å². The molecule has 0 aromatic heterocycles. The van der Waals surface area contributed by atoms with Crippen molar-refractivity contribution in [1.82, 2.24) is 0 Å². The highest BCUT2D eigenvalue weighted by Crippen LogP contribution is 2.46. The first-order valence-electron chi connectivity index (χ1n) is 5.31. The van der Waals surface area contributed by atoms with E-state index in [4.69, 9.17) is 10.8 Å². The summed E-state index contributed by atoms with van der Waals surface area (Å²) in [5.74, 6) is -0.306. The van der Waals surface area contributed by atoms with E-state index in [1.54, 1.807) is 0 Å². The van der Waals surface area contributed by atoms with Crippen LogP contribution in [0.25, 0.3) is 0 Å². The standard InChI is InChI=1S/C11H17NO3/c1-11(12,10(14)15)9(13)8-5-6-2-3-7(8)4-6/h2-3,6-9,13H,4-5,12H2,1H3,(H,14,15)/t6?,7?,8?,9-,11+/m1/s1. The van der Waals surface area contributed by atoms with E-state index < -0.39 is 17.6 Å². The fourth-order valence-corrected chi connectivity index (χ4v) is 2.76. The van der Waals surface area contributed by atoms with Crippen LogP contribution in [0.15, 0.2) is 12.2 Å². The fourth-order valence-electron chi connectivity index (χ4n) is 2.76. The van der Waals surface area contributed by atoms with E-state index in [-0.39, 0.29) is 5.92 Å². The Morgan fingerprint density at radius 2 is 2.20 bits per heavy atom. The second-order valence-corrected chi connectivity index (χ2v) is 4.98. The maximum absolute atomic E-state index is 10.9. The molecule has 0 spiro atoms. The summed E-state index contributed by atoms with van der Waals surface area (Å²) in [6, 6.07) is 0. The van der Waals surface area contributed by atoms with Crippen LogP contribution in [0.5, 0.6) is 0 Å². The number of allylic oxidation sites excluding steroid dienone is 2. The summed E-state index contributed by atoms with van der Waals surface area (Å²) < 4.78 is 0. The Labute approximate surface area is 88.8 Å². The molecule has 4 nitrogen and oxygen atoms in total. The van der Waals surface area contributed by atoms with Gasteiger partial charge in [0.1, 0.15) is 5.54 Å². The van der Waals surface area contributed by atoms with E-state index in [1.807, 2.05) is 0 Å². The molecule has 0 aliphatic heterocycles. The molecule has 15 heavy (non-hydrogen) atoms. The lowest BCUT2D eigenvalue weighted by Crippen LogP contribution is -2.58. The van der Waals surface area contributed by atoms with Gasteiger partial charge in [0.15, 0.2) is 0 Å². The van der Waals surface area contributed by atoms with Crippen molar-refractivity contribution in [2.45, 2.75) is 31.4 Å². The molecule has 0 radical (unpaired) electrons. The number of rotatable bonds is 3. The normalized spacial score (nSPS) is 39.0. The Bertz CT molecular complexity index is 311. The highest BCUT2D eigenvalue weighted by atomic mass is 16.4. The van der Waals surface area contributed by atoms with Crippen molar-refractivity contribution in [3.63, 3.8) is 0 Å². The quantitative estimate of drug-likeness (QED) is 0.589. The van der Waals surface area contributed by atoms with Crippen LogP contribution >= 0.6 is 0 Å². The van der Waals surface area contributed by atoms with Crippen LogP contribution in [0.2, 0.25) is 0 Å². The smallest absolute Gasteiger partial charge is 0.326 e. The fraction of sp³-hybridized carbons (Fsp3) is 0.727. The van der Waals surface area contributed by atoms with Crippen LogP contribution in [0.1, 0.15) is 19.8 Å². The first kappa shape index (κ1) is 10.6. The maximum Gasteiger partial charge on any atom is 0.326 e. The van der Waals surface area contributed by atoms with E-state index in [1.165, 1.54) is 6.92 Å². The van der Waals surface area contributed by atoms with Gasteiger partial charge >= 0.3 is 5.97 Å². The second-order valence-electron chi connectivity index (χ2n) is 4.98. The van der Waals surface area contributed by atoms with Gasteiger partial charge in [0.25, 0.3) is 0 Å². The highest BCUT2D eigenvalue weighted by molar-refractivity contribution is 5.78. The third-order valence-corrected chi connectivity index (χ3v) is 3.81. The molecule has 1 fully saturated rings. The molecule has 0 aromatic carbocycles. The first-order valence-corrected chi connectivity index (χ1v) is 5.31. The van der Waals surface area contributed by atoms with Gasteiger partial charge in [-0.2, -0.15) is 0 Å². The Balaban J connectivity index is 2.12. The second kappa shape index (κ2) is 3.32. The van der Waals surface area contributed by atoms with E-state index in [0.717, 1.165) is 12.8 Å². The average molecular weight is 211 g/mol. The maximum atomic E-state index is 10.9. The lowest BCUT2D eigenvalue weighted by molar-refractivity contribution is -0.149. The Hall–Kier alpha value is -0.870. The lowest BCUT2D eigenvalue weighted by atomic mass is 9.79. The molecule has 5 atom stereocenters. The molecular weight excluding hydrogens is 194 g/mol. The third kappa shape index (κ3) is 1.58. The van der Waals surface area contributed by atoms with Crippen LogP contribution in [0.3, 0.4) is 0 Å². The monoisotopic (exact) mass is 211 g/mol. The van der Waals surface area contributed by atoms with Crippen LogP contribution in [0.4, 0.5) is 0 Å². The molecule has 2 rings (SSSR count). The summed E-state index contributed by atoms with van der Waals surface area (Å²) >= 11 is 0. The minimum absolute atomic E-state index is 0.00565. The number of nitrogens with two attached hydrogens (primary N) is 1.